The molecule has 0 saturated carbocycles. The van der Waals surface area contributed by atoms with Crippen LogP contribution in [0.1, 0.15) is 13.8 Å². The Kier molecular flexibility index (Phi) is 190. The minimum atomic E-state index is 0. The second-order valence-corrected chi connectivity index (χ2v) is 0.632. The van der Waals surface area contributed by atoms with Crippen LogP contribution in [0.5, 0.6) is 0 Å². The van der Waals surface area contributed by atoms with Gasteiger partial charge in [0.2, 0.25) is 0 Å². The van der Waals surface area contributed by atoms with Gasteiger partial charge in [0.15, 0.2) is 0 Å². The molecule has 0 spiro atoms. The Morgan fingerprint density at radius 3 is 0.889 bits per heavy atom. The fourth-order valence-electron chi connectivity index (χ4n) is 0. The molecular weight excluding hydrogens is 288 g/mol. The molecule has 5 heteroatoms. The van der Waals surface area contributed by atoms with Gasteiger partial charge >= 0.3 is 21.7 Å². The van der Waals surface area contributed by atoms with Gasteiger partial charge in [-0.1, -0.05) is 0 Å². The monoisotopic (exact) mass is 298 g/mol. The van der Waals surface area contributed by atoms with Gasteiger partial charge in [-0.3, -0.25) is 0 Å². The average molecular weight is 300 g/mol. The fourth-order valence-corrected chi connectivity index (χ4v) is 0. The molecule has 0 heterocycles. The smallest absolute Gasteiger partial charge is 1.00 e. The van der Waals surface area contributed by atoms with Crippen molar-refractivity contribution in [1.29, 1.82) is 0 Å². The van der Waals surface area contributed by atoms with E-state index in [2.05, 4.69) is 0 Å². The van der Waals surface area contributed by atoms with E-state index in [1.165, 1.54) is 0 Å². The Bertz CT molecular complexity index is 18.5. The second-order valence-electron chi connectivity index (χ2n) is 0.632. The van der Waals surface area contributed by atoms with Crippen molar-refractivity contribution < 1.29 is 65.9 Å². The number of aliphatic hydroxyl groups is 2. The van der Waals surface area contributed by atoms with Gasteiger partial charge in [0.05, 0.1) is 0 Å². The molecule has 58 valence electrons. The first-order valence-electron chi connectivity index (χ1n) is 2.05. The minimum absolute atomic E-state index is 0. The first kappa shape index (κ1) is 31.2. The molecule has 0 fully saturated rings. The van der Waals surface area contributed by atoms with E-state index in [4.69, 9.17) is 10.2 Å². The minimum Gasteiger partial charge on any atom is -1.00 e. The molecule has 0 amide bonds. The summed E-state index contributed by atoms with van der Waals surface area (Å²) in [6, 6.07) is 0. The molecule has 0 aliphatic rings. The Balaban J connectivity index is -0.00000000889. The van der Waals surface area contributed by atoms with Gasteiger partial charge in [0.1, 0.15) is 0 Å². The summed E-state index contributed by atoms with van der Waals surface area (Å²) in [6.07, 6.45) is 0. The first-order chi connectivity index (χ1) is 2.83. The number of hydrogen-bond acceptors (Lipinski definition) is 2. The molecule has 0 atom stereocenters. The molecule has 0 unspecified atom stereocenters. The van der Waals surface area contributed by atoms with Gasteiger partial charge in [-0.2, -0.15) is 0 Å². The maximum Gasteiger partial charge on any atom is 2.00 e. The van der Waals surface area contributed by atoms with Crippen LogP contribution >= 0.6 is 0 Å². The van der Waals surface area contributed by atoms with E-state index in [1.807, 2.05) is 0 Å². The Labute approximate surface area is 92.5 Å². The van der Waals surface area contributed by atoms with Crippen molar-refractivity contribution in [3.8, 4) is 0 Å². The summed E-state index contributed by atoms with van der Waals surface area (Å²) in [5, 5.41) is 15.1. The summed E-state index contributed by atoms with van der Waals surface area (Å²) in [5.74, 6) is 0. The molecule has 0 aliphatic heterocycles. The molecule has 0 bridgehead atoms. The number of rotatable bonds is 0. The molecule has 0 aliphatic carbocycles. The Morgan fingerprint density at radius 1 is 0.889 bits per heavy atom. The molecule has 9 heavy (non-hydrogen) atoms. The normalized spacial score (nSPS) is 4.00. The van der Waals surface area contributed by atoms with Crippen LogP contribution in [-0.2, 0) is 21.7 Å². The molecular formula is C4H12Br2O2Ti. The van der Waals surface area contributed by atoms with Crippen molar-refractivity contribution in [3.05, 3.63) is 0 Å². The summed E-state index contributed by atoms with van der Waals surface area (Å²) < 4.78 is 0. The van der Waals surface area contributed by atoms with E-state index in [9.17, 15) is 0 Å². The molecule has 0 aromatic carbocycles. The quantitative estimate of drug-likeness (QED) is 0.437. The molecule has 2 N–H and O–H groups in total. The number of aliphatic hydroxyl groups excluding tert-OH is 2. The van der Waals surface area contributed by atoms with Crippen LogP contribution in [0.25, 0.3) is 0 Å². The van der Waals surface area contributed by atoms with Gasteiger partial charge in [-0.05, 0) is 13.8 Å². The fraction of sp³-hybridized carbons (Fsp3) is 1.00. The SMILES string of the molecule is CCO.CCO.[Br-].[Br-].[Ti+2]. The summed E-state index contributed by atoms with van der Waals surface area (Å²) in [5.41, 5.74) is 0. The van der Waals surface area contributed by atoms with Crippen molar-refractivity contribution in [2.24, 2.45) is 0 Å². The van der Waals surface area contributed by atoms with Gasteiger partial charge in [-0.15, -0.1) is 0 Å². The number of hydrogen-bond donors (Lipinski definition) is 2. The molecule has 0 radical (unpaired) electrons. The summed E-state index contributed by atoms with van der Waals surface area (Å²) in [7, 11) is 0. The predicted octanol–water partition coefficient (Wildman–Crippen LogP) is -6.00. The predicted molar refractivity (Wildman–Crippen MR) is 25.5 cm³/mol. The standard InChI is InChI=1S/2C2H6O.2BrH.Ti/c2*1-2-3;;;/h2*3H,2H2,1H3;2*1H;/q;;;;+2/p-2. The van der Waals surface area contributed by atoms with E-state index in [0.717, 1.165) is 0 Å². The zero-order valence-electron chi connectivity index (χ0n) is 5.56. The van der Waals surface area contributed by atoms with Gasteiger partial charge in [0.25, 0.3) is 0 Å². The van der Waals surface area contributed by atoms with Crippen LogP contribution in [-0.4, -0.2) is 23.4 Å². The van der Waals surface area contributed by atoms with Crippen LogP contribution in [0, 0.1) is 0 Å². The van der Waals surface area contributed by atoms with Gasteiger partial charge < -0.3 is 44.2 Å². The molecule has 0 aromatic heterocycles. The zero-order chi connectivity index (χ0) is 5.41. The van der Waals surface area contributed by atoms with Crippen LogP contribution in [0.4, 0.5) is 0 Å². The maximum atomic E-state index is 7.57. The van der Waals surface area contributed by atoms with Crippen molar-refractivity contribution in [3.63, 3.8) is 0 Å². The van der Waals surface area contributed by atoms with E-state index in [-0.39, 0.29) is 68.9 Å². The van der Waals surface area contributed by atoms with E-state index >= 15 is 0 Å². The van der Waals surface area contributed by atoms with Gasteiger partial charge in [0, 0.05) is 13.2 Å². The van der Waals surface area contributed by atoms with E-state index in [1.54, 1.807) is 13.8 Å². The summed E-state index contributed by atoms with van der Waals surface area (Å²) in [6.45, 7) is 3.86. The third-order valence-electron chi connectivity index (χ3n) is 0. The van der Waals surface area contributed by atoms with E-state index < -0.39 is 0 Å². The number of halogens is 2. The molecule has 0 saturated heterocycles. The van der Waals surface area contributed by atoms with Gasteiger partial charge in [-0.25, -0.2) is 0 Å². The molecule has 2 nitrogen and oxygen atoms in total. The van der Waals surface area contributed by atoms with Crippen molar-refractivity contribution in [2.75, 3.05) is 13.2 Å². The Hall–Kier alpha value is 1.59. The van der Waals surface area contributed by atoms with Crippen LogP contribution in [0.15, 0.2) is 0 Å². The maximum absolute atomic E-state index is 7.57. The molecule has 0 aromatic rings. The Morgan fingerprint density at radius 2 is 0.889 bits per heavy atom. The van der Waals surface area contributed by atoms with Crippen LogP contribution in [0.3, 0.4) is 0 Å². The van der Waals surface area contributed by atoms with E-state index in [0.29, 0.717) is 0 Å². The third kappa shape index (κ3) is 218. The van der Waals surface area contributed by atoms with Crippen molar-refractivity contribution in [1.82, 2.24) is 0 Å². The third-order valence-corrected chi connectivity index (χ3v) is 0. The largest absolute Gasteiger partial charge is 2.00 e. The second kappa shape index (κ2) is 54.9. The zero-order valence-corrected chi connectivity index (χ0v) is 10.3. The molecule has 0 rings (SSSR count). The summed E-state index contributed by atoms with van der Waals surface area (Å²) >= 11 is 0. The van der Waals surface area contributed by atoms with Crippen molar-refractivity contribution >= 4 is 0 Å². The summed E-state index contributed by atoms with van der Waals surface area (Å²) in [4.78, 5) is 0. The van der Waals surface area contributed by atoms with Crippen molar-refractivity contribution in [2.45, 2.75) is 13.8 Å². The van der Waals surface area contributed by atoms with Crippen LogP contribution < -0.4 is 34.0 Å². The first-order valence-corrected chi connectivity index (χ1v) is 2.05. The average Bonchev–Trinajstić information content (AvgIpc) is 1.39. The topological polar surface area (TPSA) is 40.5 Å². The van der Waals surface area contributed by atoms with Crippen LogP contribution in [0.2, 0.25) is 0 Å².